The molecule has 0 aromatic heterocycles. The fraction of sp³-hybridized carbons (Fsp3) is 0. The van der Waals surface area contributed by atoms with Gasteiger partial charge in [-0.3, -0.25) is 10.2 Å². The number of para-hydroxylation sites is 1. The van der Waals surface area contributed by atoms with E-state index in [1.807, 2.05) is 12.1 Å². The molecule has 0 aliphatic carbocycles. The number of hydrogen-bond donors (Lipinski definition) is 3. The van der Waals surface area contributed by atoms with Gasteiger partial charge in [0.25, 0.3) is 5.91 Å². The molecule has 6 nitrogen and oxygen atoms in total. The molecule has 0 unspecified atom stereocenters. The zero-order valence-corrected chi connectivity index (χ0v) is 10.8. The fourth-order valence-corrected chi connectivity index (χ4v) is 2.06. The fourth-order valence-electron chi connectivity index (χ4n) is 2.06. The largest absolute Gasteiger partial charge is 0.478 e. The van der Waals surface area contributed by atoms with Gasteiger partial charge in [-0.15, -0.1) is 0 Å². The summed E-state index contributed by atoms with van der Waals surface area (Å²) < 4.78 is 0. The molecule has 0 spiro atoms. The minimum atomic E-state index is -1.02. The highest BCUT2D eigenvalue weighted by atomic mass is 16.4. The van der Waals surface area contributed by atoms with Crippen molar-refractivity contribution in [2.75, 3.05) is 10.7 Å². The summed E-state index contributed by atoms with van der Waals surface area (Å²) in [4.78, 5) is 22.8. The third-order valence-electron chi connectivity index (χ3n) is 3.05. The van der Waals surface area contributed by atoms with E-state index >= 15 is 0 Å². The zero-order valence-electron chi connectivity index (χ0n) is 10.8. The number of amides is 1. The second-order valence-electron chi connectivity index (χ2n) is 4.46. The third-order valence-corrected chi connectivity index (χ3v) is 3.05. The van der Waals surface area contributed by atoms with Gasteiger partial charge in [0.05, 0.1) is 16.9 Å². The number of fused-ring (bicyclic) bond motifs is 1. The van der Waals surface area contributed by atoms with Gasteiger partial charge in [0.15, 0.2) is 5.71 Å². The molecule has 3 rings (SSSR count). The van der Waals surface area contributed by atoms with Crippen LogP contribution in [0, 0.1) is 0 Å². The maximum atomic E-state index is 11.9. The number of carbonyl (C=O) groups is 2. The van der Waals surface area contributed by atoms with Crippen molar-refractivity contribution in [2.45, 2.75) is 0 Å². The number of carbonyl (C=O) groups excluding carboxylic acids is 1. The van der Waals surface area contributed by atoms with Crippen LogP contribution in [0.1, 0.15) is 15.9 Å². The normalized spacial score (nSPS) is 14.7. The Balaban J connectivity index is 1.88. The molecule has 1 heterocycles. The van der Waals surface area contributed by atoms with Gasteiger partial charge in [0.1, 0.15) is 0 Å². The van der Waals surface area contributed by atoms with Crippen LogP contribution in [0.5, 0.6) is 0 Å². The quantitative estimate of drug-likeness (QED) is 0.752. The van der Waals surface area contributed by atoms with Crippen LogP contribution in [0.3, 0.4) is 0 Å². The van der Waals surface area contributed by atoms with Gasteiger partial charge in [0.2, 0.25) is 0 Å². The first-order valence-electron chi connectivity index (χ1n) is 6.23. The number of benzene rings is 2. The molecular formula is C15H11N3O3. The molecule has 0 saturated heterocycles. The second-order valence-corrected chi connectivity index (χ2v) is 4.46. The number of anilines is 2. The van der Waals surface area contributed by atoms with Gasteiger partial charge < -0.3 is 10.4 Å². The summed E-state index contributed by atoms with van der Waals surface area (Å²) in [7, 11) is 0. The van der Waals surface area contributed by atoms with E-state index in [4.69, 9.17) is 5.11 Å². The van der Waals surface area contributed by atoms with E-state index in [0.717, 1.165) is 0 Å². The summed E-state index contributed by atoms with van der Waals surface area (Å²) in [5.41, 5.74) is 5.06. The summed E-state index contributed by atoms with van der Waals surface area (Å²) >= 11 is 0. The highest BCUT2D eigenvalue weighted by molar-refractivity contribution is 6.53. The number of aromatic carboxylic acids is 1. The molecule has 1 aliphatic heterocycles. The summed E-state index contributed by atoms with van der Waals surface area (Å²) in [5.74, 6) is -1.31. The molecule has 2 aromatic rings. The van der Waals surface area contributed by atoms with Gasteiger partial charge in [-0.25, -0.2) is 4.79 Å². The van der Waals surface area contributed by atoms with Crippen LogP contribution in [0.15, 0.2) is 53.6 Å². The van der Waals surface area contributed by atoms with Gasteiger partial charge in [-0.1, -0.05) is 24.3 Å². The molecular weight excluding hydrogens is 270 g/mol. The highest BCUT2D eigenvalue weighted by Crippen LogP contribution is 2.23. The molecule has 0 radical (unpaired) electrons. The Hall–Kier alpha value is -3.15. The first-order chi connectivity index (χ1) is 10.1. The number of hydrazone groups is 1. The highest BCUT2D eigenvalue weighted by Gasteiger charge is 2.25. The van der Waals surface area contributed by atoms with Crippen LogP contribution in [-0.2, 0) is 4.79 Å². The van der Waals surface area contributed by atoms with Crippen LogP contribution in [0.4, 0.5) is 11.4 Å². The second kappa shape index (κ2) is 5.09. The maximum Gasteiger partial charge on any atom is 0.335 e. The smallest absolute Gasteiger partial charge is 0.335 e. The van der Waals surface area contributed by atoms with E-state index in [1.54, 1.807) is 24.3 Å². The molecule has 1 amide bonds. The lowest BCUT2D eigenvalue weighted by Gasteiger charge is -2.03. The number of carboxylic acid groups (broad SMARTS) is 1. The van der Waals surface area contributed by atoms with E-state index < -0.39 is 5.97 Å². The Kier molecular flexibility index (Phi) is 3.12. The maximum absolute atomic E-state index is 11.9. The van der Waals surface area contributed by atoms with Crippen molar-refractivity contribution in [2.24, 2.45) is 5.10 Å². The Morgan fingerprint density at radius 1 is 1.14 bits per heavy atom. The Morgan fingerprint density at radius 2 is 1.95 bits per heavy atom. The van der Waals surface area contributed by atoms with Crippen molar-refractivity contribution in [1.82, 2.24) is 0 Å². The van der Waals surface area contributed by atoms with Gasteiger partial charge in [-0.05, 0) is 24.3 Å². The molecule has 2 aromatic carbocycles. The third kappa shape index (κ3) is 2.46. The number of carboxylic acids is 1. The van der Waals surface area contributed by atoms with Crippen molar-refractivity contribution < 1.29 is 14.7 Å². The predicted molar refractivity (Wildman–Crippen MR) is 78.6 cm³/mol. The van der Waals surface area contributed by atoms with Crippen LogP contribution in [-0.4, -0.2) is 22.7 Å². The Morgan fingerprint density at radius 3 is 2.76 bits per heavy atom. The van der Waals surface area contributed by atoms with Gasteiger partial charge in [0, 0.05) is 5.56 Å². The molecule has 104 valence electrons. The average molecular weight is 281 g/mol. The number of nitrogens with one attached hydrogen (secondary N) is 2. The molecule has 6 heteroatoms. The van der Waals surface area contributed by atoms with Gasteiger partial charge >= 0.3 is 5.97 Å². The predicted octanol–water partition coefficient (Wildman–Crippen LogP) is 2.15. The minimum Gasteiger partial charge on any atom is -0.478 e. The van der Waals surface area contributed by atoms with Crippen molar-refractivity contribution in [3.63, 3.8) is 0 Å². The van der Waals surface area contributed by atoms with Crippen LogP contribution < -0.4 is 10.7 Å². The van der Waals surface area contributed by atoms with E-state index in [1.165, 1.54) is 12.1 Å². The molecule has 0 bridgehead atoms. The summed E-state index contributed by atoms with van der Waals surface area (Å²) in [6, 6.07) is 13.4. The SMILES string of the molecule is O=C1Nc2ccccc2C1=NNc1cccc(C(=O)O)c1. The van der Waals surface area contributed by atoms with E-state index in [-0.39, 0.29) is 17.2 Å². The van der Waals surface area contributed by atoms with Crippen LogP contribution >= 0.6 is 0 Å². The minimum absolute atomic E-state index is 0.150. The summed E-state index contributed by atoms with van der Waals surface area (Å²) in [6.45, 7) is 0. The monoisotopic (exact) mass is 281 g/mol. The lowest BCUT2D eigenvalue weighted by Crippen LogP contribution is -2.15. The molecule has 1 aliphatic rings. The lowest BCUT2D eigenvalue weighted by atomic mass is 10.1. The van der Waals surface area contributed by atoms with Gasteiger partial charge in [-0.2, -0.15) is 5.10 Å². The van der Waals surface area contributed by atoms with Crippen LogP contribution in [0.2, 0.25) is 0 Å². The first-order valence-corrected chi connectivity index (χ1v) is 6.23. The topological polar surface area (TPSA) is 90.8 Å². The molecule has 0 atom stereocenters. The molecule has 3 N–H and O–H groups in total. The van der Waals surface area contributed by atoms with Crippen molar-refractivity contribution >= 4 is 29.0 Å². The average Bonchev–Trinajstić information content (AvgIpc) is 2.81. The molecule has 0 saturated carbocycles. The number of rotatable bonds is 3. The zero-order chi connectivity index (χ0) is 14.8. The van der Waals surface area contributed by atoms with E-state index in [0.29, 0.717) is 16.9 Å². The summed E-state index contributed by atoms with van der Waals surface area (Å²) in [6.07, 6.45) is 0. The standard InChI is InChI=1S/C15H11N3O3/c19-14-13(11-6-1-2-7-12(11)16-14)18-17-10-5-3-4-9(8-10)15(20)21/h1-8,17H,(H,20,21)(H,16,18,19). The molecule has 0 fully saturated rings. The van der Waals surface area contributed by atoms with Crippen LogP contribution in [0.25, 0.3) is 0 Å². The number of hydrogen-bond acceptors (Lipinski definition) is 4. The van der Waals surface area contributed by atoms with E-state index in [2.05, 4.69) is 15.8 Å². The van der Waals surface area contributed by atoms with E-state index in [9.17, 15) is 9.59 Å². The first kappa shape index (κ1) is 12.9. The van der Waals surface area contributed by atoms with Crippen molar-refractivity contribution in [3.8, 4) is 0 Å². The Bertz CT molecular complexity index is 768. The van der Waals surface area contributed by atoms with Crippen molar-refractivity contribution in [1.29, 1.82) is 0 Å². The summed E-state index contributed by atoms with van der Waals surface area (Å²) in [5, 5.41) is 15.7. The number of nitrogens with zero attached hydrogens (tertiary/aromatic N) is 1. The van der Waals surface area contributed by atoms with Crippen molar-refractivity contribution in [3.05, 3.63) is 59.7 Å². The lowest BCUT2D eigenvalue weighted by molar-refractivity contribution is -0.110. The molecule has 21 heavy (non-hydrogen) atoms. The Labute approximate surface area is 120 Å².